The molecule has 0 saturated heterocycles. The van der Waals surface area contributed by atoms with E-state index in [1.807, 2.05) is 0 Å². The van der Waals surface area contributed by atoms with Crippen LogP contribution in [0.15, 0.2) is 12.3 Å². The van der Waals surface area contributed by atoms with E-state index < -0.39 is 0 Å². The lowest BCUT2D eigenvalue weighted by Gasteiger charge is -2.45. The van der Waals surface area contributed by atoms with Crippen LogP contribution in [-0.2, 0) is 0 Å². The second kappa shape index (κ2) is 6.46. The Morgan fingerprint density at radius 1 is 1.27 bits per heavy atom. The third-order valence-electron chi connectivity index (χ3n) is 3.02. The third kappa shape index (κ3) is 4.09. The maximum Gasteiger partial charge on any atom is 0.0643 e. The van der Waals surface area contributed by atoms with Crippen molar-refractivity contribution in [2.75, 3.05) is 27.2 Å². The minimum absolute atomic E-state index is 0.221. The van der Waals surface area contributed by atoms with Gasteiger partial charge >= 0.3 is 0 Å². The molecule has 0 aliphatic heterocycles. The fourth-order valence-electron chi connectivity index (χ4n) is 2.57. The molecule has 0 aliphatic carbocycles. The minimum Gasteiger partial charge on any atom is -0.294 e. The largest absolute Gasteiger partial charge is 0.294 e. The van der Waals surface area contributed by atoms with Crippen LogP contribution < -0.4 is 0 Å². The minimum atomic E-state index is -0.221. The van der Waals surface area contributed by atoms with E-state index >= 15 is 0 Å². The summed E-state index contributed by atoms with van der Waals surface area (Å²) in [6, 6.07) is 0. The van der Waals surface area contributed by atoms with Crippen molar-refractivity contribution in [2.24, 2.45) is 0 Å². The molecule has 0 N–H and O–H groups in total. The second-order valence-corrected chi connectivity index (χ2v) is 7.85. The van der Waals surface area contributed by atoms with Gasteiger partial charge in [-0.15, -0.1) is 12.3 Å². The number of hydrogen-bond acceptors (Lipinski definition) is 2. The molecule has 0 heterocycles. The molecule has 0 fully saturated rings. The predicted octanol–water partition coefficient (Wildman–Crippen LogP) is 1.73. The second-order valence-electron chi connectivity index (χ2n) is 5.04. The molecule has 15 heavy (non-hydrogen) atoms. The Labute approximate surface area is 98.2 Å². The van der Waals surface area contributed by atoms with Gasteiger partial charge in [0, 0.05) is 0 Å². The van der Waals surface area contributed by atoms with Crippen LogP contribution in [0.2, 0.25) is 5.04 Å². The lowest BCUT2D eigenvalue weighted by Crippen LogP contribution is -2.52. The fourth-order valence-corrected chi connectivity index (χ4v) is 4.14. The molecule has 0 aromatic heterocycles. The first kappa shape index (κ1) is 14.9. The Hall–Kier alpha value is -0.123. The lowest BCUT2D eigenvalue weighted by atomic mass is 10.1. The highest BCUT2D eigenvalue weighted by molar-refractivity contribution is 6.46. The van der Waals surface area contributed by atoms with Gasteiger partial charge in [0.05, 0.1) is 15.7 Å². The van der Waals surface area contributed by atoms with Crippen molar-refractivity contribution in [3.8, 4) is 0 Å². The zero-order chi connectivity index (χ0) is 12.1. The van der Waals surface area contributed by atoms with Gasteiger partial charge in [-0.3, -0.25) is 9.80 Å². The van der Waals surface area contributed by atoms with Crippen LogP contribution in [0.4, 0.5) is 0 Å². The molecule has 3 heteroatoms. The van der Waals surface area contributed by atoms with Crippen molar-refractivity contribution in [3.05, 3.63) is 12.3 Å². The summed E-state index contributed by atoms with van der Waals surface area (Å²) in [4.78, 5) is 4.89. The van der Waals surface area contributed by atoms with Gasteiger partial charge in [-0.2, -0.15) is 0 Å². The standard InChI is InChI=1S/C12H28N2Si/c1-8-14(9-2)11(13(6)7)12(4,5)15-10-3/h10-11H,3,8-9,15H2,1-2,4-7H3. The van der Waals surface area contributed by atoms with Gasteiger partial charge in [0.2, 0.25) is 0 Å². The average molecular weight is 228 g/mol. The molecule has 1 atom stereocenters. The van der Waals surface area contributed by atoms with Crippen LogP contribution in [0, 0.1) is 0 Å². The molecule has 1 unspecified atom stereocenters. The normalized spacial score (nSPS) is 15.5. The first-order valence-corrected chi connectivity index (χ1v) is 7.44. The monoisotopic (exact) mass is 228 g/mol. The van der Waals surface area contributed by atoms with Crippen LogP contribution in [0.3, 0.4) is 0 Å². The number of nitrogens with zero attached hydrogens (tertiary/aromatic N) is 2. The Bertz CT molecular complexity index is 186. The maximum atomic E-state index is 3.92. The van der Waals surface area contributed by atoms with E-state index in [1.54, 1.807) is 0 Å². The molecular formula is C12H28N2Si. The van der Waals surface area contributed by atoms with Crippen molar-refractivity contribution >= 4 is 9.52 Å². The van der Waals surface area contributed by atoms with Gasteiger partial charge in [0.25, 0.3) is 0 Å². The molecule has 0 rings (SSSR count). The highest BCUT2D eigenvalue weighted by Crippen LogP contribution is 2.32. The number of rotatable bonds is 7. The quantitative estimate of drug-likeness (QED) is 0.484. The molecule has 0 bridgehead atoms. The summed E-state index contributed by atoms with van der Waals surface area (Å²) in [7, 11) is 4.14. The van der Waals surface area contributed by atoms with E-state index in [-0.39, 0.29) is 9.52 Å². The van der Waals surface area contributed by atoms with Gasteiger partial charge in [-0.1, -0.05) is 27.7 Å². The Balaban J connectivity index is 4.85. The molecule has 0 aliphatic rings. The molecule has 0 amide bonds. The third-order valence-corrected chi connectivity index (χ3v) is 4.72. The van der Waals surface area contributed by atoms with E-state index in [1.165, 1.54) is 0 Å². The van der Waals surface area contributed by atoms with Crippen molar-refractivity contribution < 1.29 is 0 Å². The predicted molar refractivity (Wildman–Crippen MR) is 73.2 cm³/mol. The molecule has 0 aromatic carbocycles. The van der Waals surface area contributed by atoms with Crippen molar-refractivity contribution in [3.63, 3.8) is 0 Å². The van der Waals surface area contributed by atoms with Gasteiger partial charge in [0.15, 0.2) is 0 Å². The summed E-state index contributed by atoms with van der Waals surface area (Å²) in [5, 5.41) is 0.386. The highest BCUT2D eigenvalue weighted by atomic mass is 28.2. The summed E-state index contributed by atoms with van der Waals surface area (Å²) in [5.74, 6) is 0. The van der Waals surface area contributed by atoms with E-state index in [0.29, 0.717) is 11.2 Å². The number of hydrogen-bond donors (Lipinski definition) is 0. The van der Waals surface area contributed by atoms with Crippen molar-refractivity contribution in [1.82, 2.24) is 9.80 Å². The van der Waals surface area contributed by atoms with Gasteiger partial charge in [0.1, 0.15) is 0 Å². The molecule has 90 valence electrons. The lowest BCUT2D eigenvalue weighted by molar-refractivity contribution is 0.0579. The molecule has 0 radical (unpaired) electrons. The zero-order valence-electron chi connectivity index (χ0n) is 11.4. The van der Waals surface area contributed by atoms with Gasteiger partial charge in [-0.25, -0.2) is 0 Å². The van der Waals surface area contributed by atoms with Crippen LogP contribution in [0.5, 0.6) is 0 Å². The molecule has 0 spiro atoms. The van der Waals surface area contributed by atoms with Crippen molar-refractivity contribution in [2.45, 2.75) is 38.9 Å². The Morgan fingerprint density at radius 3 is 2.00 bits per heavy atom. The van der Waals surface area contributed by atoms with Crippen LogP contribution in [0.25, 0.3) is 0 Å². The Kier molecular flexibility index (Phi) is 6.40. The molecule has 0 aromatic rings. The summed E-state index contributed by atoms with van der Waals surface area (Å²) >= 11 is 0. The summed E-state index contributed by atoms with van der Waals surface area (Å²) in [6.07, 6.45) is 0.539. The average Bonchev–Trinajstić information content (AvgIpc) is 2.12. The van der Waals surface area contributed by atoms with Crippen LogP contribution in [-0.4, -0.2) is 52.7 Å². The fraction of sp³-hybridized carbons (Fsp3) is 0.833. The first-order valence-electron chi connectivity index (χ1n) is 5.92. The smallest absolute Gasteiger partial charge is 0.0643 e. The molecule has 0 saturated carbocycles. The van der Waals surface area contributed by atoms with Crippen molar-refractivity contribution in [1.29, 1.82) is 0 Å². The van der Waals surface area contributed by atoms with E-state index in [4.69, 9.17) is 0 Å². The zero-order valence-corrected chi connectivity index (χ0v) is 12.8. The first-order chi connectivity index (χ1) is 6.90. The van der Waals surface area contributed by atoms with E-state index in [0.717, 1.165) is 13.1 Å². The summed E-state index contributed by atoms with van der Waals surface area (Å²) in [6.45, 7) is 15.4. The summed E-state index contributed by atoms with van der Waals surface area (Å²) < 4.78 is 0. The van der Waals surface area contributed by atoms with Gasteiger partial charge < -0.3 is 0 Å². The van der Waals surface area contributed by atoms with E-state index in [2.05, 4.69) is 63.9 Å². The SMILES string of the molecule is C=C[SiH2]C(C)(C)C(N(C)C)N(CC)CC. The highest BCUT2D eigenvalue weighted by Gasteiger charge is 2.33. The van der Waals surface area contributed by atoms with E-state index in [9.17, 15) is 0 Å². The van der Waals surface area contributed by atoms with Gasteiger partial charge in [-0.05, 0) is 32.2 Å². The topological polar surface area (TPSA) is 6.48 Å². The summed E-state index contributed by atoms with van der Waals surface area (Å²) in [5.41, 5.74) is 2.17. The molecule has 2 nitrogen and oxygen atoms in total. The Morgan fingerprint density at radius 2 is 1.73 bits per heavy atom. The van der Waals surface area contributed by atoms with Crippen LogP contribution >= 0.6 is 0 Å². The molecular weight excluding hydrogens is 200 g/mol. The van der Waals surface area contributed by atoms with Crippen LogP contribution in [0.1, 0.15) is 27.7 Å². The maximum absolute atomic E-state index is 3.92.